The van der Waals surface area contributed by atoms with Gasteiger partial charge in [-0.1, -0.05) is 11.6 Å². The van der Waals surface area contributed by atoms with E-state index >= 15 is 0 Å². The van der Waals surface area contributed by atoms with Gasteiger partial charge in [-0.15, -0.1) is 0 Å². The number of carbonyl (C=O) groups excluding carboxylic acids is 1. The van der Waals surface area contributed by atoms with Crippen LogP contribution in [0.25, 0.3) is 10.9 Å². The Labute approximate surface area is 118 Å². The third-order valence-electron chi connectivity index (χ3n) is 3.39. The number of aromatic nitrogens is 1. The van der Waals surface area contributed by atoms with E-state index in [9.17, 15) is 14.0 Å². The highest BCUT2D eigenvalue weighted by molar-refractivity contribution is 6.31. The maximum atomic E-state index is 13.6. The molecule has 3 rings (SSSR count). The van der Waals surface area contributed by atoms with Crippen LogP contribution in [0.15, 0.2) is 23.1 Å². The fraction of sp³-hybridized carbons (Fsp3) is 0.231. The van der Waals surface area contributed by atoms with Crippen molar-refractivity contribution in [2.24, 2.45) is 5.84 Å². The first kappa shape index (κ1) is 13.1. The van der Waals surface area contributed by atoms with E-state index in [1.807, 2.05) is 5.43 Å². The van der Waals surface area contributed by atoms with Gasteiger partial charge in [-0.05, 0) is 25.0 Å². The molecule has 1 aromatic carbocycles. The monoisotopic (exact) mass is 295 g/mol. The number of pyridine rings is 1. The smallest absolute Gasteiger partial charge is 0.270 e. The highest BCUT2D eigenvalue weighted by Crippen LogP contribution is 2.37. The third-order valence-corrected chi connectivity index (χ3v) is 3.68. The second-order valence-corrected chi connectivity index (χ2v) is 5.17. The Balaban J connectivity index is 2.40. The van der Waals surface area contributed by atoms with Gasteiger partial charge in [-0.3, -0.25) is 15.0 Å². The van der Waals surface area contributed by atoms with Crippen LogP contribution in [-0.4, -0.2) is 10.5 Å². The summed E-state index contributed by atoms with van der Waals surface area (Å²) >= 11 is 5.78. The lowest BCUT2D eigenvalue weighted by atomic mass is 10.1. The Morgan fingerprint density at radius 3 is 2.75 bits per heavy atom. The summed E-state index contributed by atoms with van der Waals surface area (Å²) in [6.07, 6.45) is 3.34. The van der Waals surface area contributed by atoms with Crippen LogP contribution in [-0.2, 0) is 0 Å². The van der Waals surface area contributed by atoms with Crippen LogP contribution >= 0.6 is 11.6 Å². The second kappa shape index (κ2) is 4.57. The SMILES string of the molecule is NNC(=O)c1cn(C2CC2)c2cc(Cl)c(F)cc2c1=O. The third kappa shape index (κ3) is 1.97. The Kier molecular flexibility index (Phi) is 2.99. The van der Waals surface area contributed by atoms with Gasteiger partial charge in [0.2, 0.25) is 5.43 Å². The van der Waals surface area contributed by atoms with Crippen molar-refractivity contribution in [1.29, 1.82) is 0 Å². The van der Waals surface area contributed by atoms with Crippen molar-refractivity contribution < 1.29 is 9.18 Å². The number of hydrogen-bond acceptors (Lipinski definition) is 3. The Bertz CT molecular complexity index is 783. The first-order valence-electron chi connectivity index (χ1n) is 6.07. The molecule has 0 spiro atoms. The highest BCUT2D eigenvalue weighted by atomic mass is 35.5. The molecule has 0 bridgehead atoms. The summed E-state index contributed by atoms with van der Waals surface area (Å²) in [6.45, 7) is 0. The molecule has 5 nitrogen and oxygen atoms in total. The second-order valence-electron chi connectivity index (χ2n) is 4.77. The topological polar surface area (TPSA) is 77.1 Å². The maximum Gasteiger partial charge on any atom is 0.270 e. The Hall–Kier alpha value is -1.92. The zero-order chi connectivity index (χ0) is 14.4. The quantitative estimate of drug-likeness (QED) is 0.503. The van der Waals surface area contributed by atoms with E-state index in [1.165, 1.54) is 12.3 Å². The number of nitrogens with zero attached hydrogens (tertiary/aromatic N) is 1. The molecule has 1 amide bonds. The molecule has 1 heterocycles. The van der Waals surface area contributed by atoms with Crippen molar-refractivity contribution in [3.05, 3.63) is 45.0 Å². The Morgan fingerprint density at radius 2 is 2.15 bits per heavy atom. The van der Waals surface area contributed by atoms with E-state index in [0.29, 0.717) is 5.52 Å². The molecule has 0 radical (unpaired) electrons. The summed E-state index contributed by atoms with van der Waals surface area (Å²) < 4.78 is 15.4. The fourth-order valence-corrected chi connectivity index (χ4v) is 2.40. The molecule has 2 aromatic rings. The number of carbonyl (C=O) groups is 1. The molecule has 1 fully saturated rings. The van der Waals surface area contributed by atoms with Crippen LogP contribution in [0.2, 0.25) is 5.02 Å². The molecule has 1 saturated carbocycles. The number of nitrogen functional groups attached to an aromatic ring is 1. The number of benzene rings is 1. The van der Waals surface area contributed by atoms with Crippen LogP contribution in [0.4, 0.5) is 4.39 Å². The molecule has 0 aliphatic heterocycles. The number of halogens is 2. The van der Waals surface area contributed by atoms with Gasteiger partial charge in [-0.25, -0.2) is 10.2 Å². The van der Waals surface area contributed by atoms with E-state index in [4.69, 9.17) is 17.4 Å². The molecule has 104 valence electrons. The van der Waals surface area contributed by atoms with Crippen LogP contribution in [0.5, 0.6) is 0 Å². The van der Waals surface area contributed by atoms with Crippen LogP contribution in [0.1, 0.15) is 29.2 Å². The van der Waals surface area contributed by atoms with Crippen molar-refractivity contribution in [2.75, 3.05) is 0 Å². The van der Waals surface area contributed by atoms with Crippen LogP contribution < -0.4 is 16.7 Å². The summed E-state index contributed by atoms with van der Waals surface area (Å²) in [5.74, 6) is 3.69. The molecule has 1 aliphatic carbocycles. The minimum absolute atomic E-state index is 0.0534. The number of hydrogen-bond donors (Lipinski definition) is 2. The van der Waals surface area contributed by atoms with E-state index in [-0.39, 0.29) is 22.0 Å². The minimum Gasteiger partial charge on any atom is -0.343 e. The van der Waals surface area contributed by atoms with Gasteiger partial charge in [0.25, 0.3) is 5.91 Å². The van der Waals surface area contributed by atoms with Gasteiger partial charge in [0.15, 0.2) is 0 Å². The summed E-state index contributed by atoms with van der Waals surface area (Å²) in [5.41, 5.74) is 1.79. The number of amides is 1. The lowest BCUT2D eigenvalue weighted by Gasteiger charge is -2.12. The number of rotatable bonds is 2. The largest absolute Gasteiger partial charge is 0.343 e. The van der Waals surface area contributed by atoms with Crippen molar-refractivity contribution in [3.63, 3.8) is 0 Å². The number of fused-ring (bicyclic) bond motifs is 1. The minimum atomic E-state index is -0.693. The van der Waals surface area contributed by atoms with Crippen molar-refractivity contribution in [2.45, 2.75) is 18.9 Å². The van der Waals surface area contributed by atoms with Gasteiger partial charge >= 0.3 is 0 Å². The number of nitrogens with one attached hydrogen (secondary N) is 1. The highest BCUT2D eigenvalue weighted by Gasteiger charge is 2.27. The van der Waals surface area contributed by atoms with Gasteiger partial charge in [0.05, 0.1) is 10.5 Å². The molecule has 0 atom stereocenters. The van der Waals surface area contributed by atoms with Gasteiger partial charge in [0.1, 0.15) is 11.4 Å². The standard InChI is InChI=1S/C13H11ClFN3O2/c14-9-4-11-7(3-10(9)15)12(19)8(13(20)17-16)5-18(11)6-1-2-6/h3-6H,1-2,16H2,(H,17,20). The molecular weight excluding hydrogens is 285 g/mol. The lowest BCUT2D eigenvalue weighted by molar-refractivity contribution is 0.0952. The molecule has 1 aliphatic rings. The molecule has 0 unspecified atom stereocenters. The molecule has 20 heavy (non-hydrogen) atoms. The first-order valence-corrected chi connectivity index (χ1v) is 6.45. The zero-order valence-corrected chi connectivity index (χ0v) is 11.1. The van der Waals surface area contributed by atoms with Crippen LogP contribution in [0.3, 0.4) is 0 Å². The number of nitrogens with two attached hydrogens (primary N) is 1. The molecule has 7 heteroatoms. The normalized spacial score (nSPS) is 14.6. The van der Waals surface area contributed by atoms with Crippen LogP contribution in [0, 0.1) is 5.82 Å². The number of hydrazine groups is 1. The van der Waals surface area contributed by atoms with E-state index in [0.717, 1.165) is 18.9 Å². The predicted molar refractivity (Wildman–Crippen MR) is 73.1 cm³/mol. The summed E-state index contributed by atoms with van der Waals surface area (Å²) in [6, 6.07) is 2.67. The zero-order valence-electron chi connectivity index (χ0n) is 10.3. The average molecular weight is 296 g/mol. The van der Waals surface area contributed by atoms with Gasteiger partial charge in [0, 0.05) is 17.6 Å². The molecule has 0 saturated heterocycles. The molecular formula is C13H11ClFN3O2. The lowest BCUT2D eigenvalue weighted by Crippen LogP contribution is -2.34. The van der Waals surface area contributed by atoms with E-state index in [2.05, 4.69) is 0 Å². The van der Waals surface area contributed by atoms with Crippen molar-refractivity contribution >= 4 is 28.4 Å². The van der Waals surface area contributed by atoms with E-state index in [1.54, 1.807) is 4.57 Å². The first-order chi connectivity index (χ1) is 9.52. The maximum absolute atomic E-state index is 13.6. The van der Waals surface area contributed by atoms with Crippen molar-refractivity contribution in [1.82, 2.24) is 9.99 Å². The average Bonchev–Trinajstić information content (AvgIpc) is 3.25. The van der Waals surface area contributed by atoms with Gasteiger partial charge in [-0.2, -0.15) is 0 Å². The fourth-order valence-electron chi connectivity index (χ4n) is 2.24. The summed E-state index contributed by atoms with van der Waals surface area (Å²) in [7, 11) is 0. The van der Waals surface area contributed by atoms with Crippen molar-refractivity contribution in [3.8, 4) is 0 Å². The van der Waals surface area contributed by atoms with E-state index < -0.39 is 17.2 Å². The summed E-state index contributed by atoms with van der Waals surface area (Å²) in [4.78, 5) is 23.9. The summed E-state index contributed by atoms with van der Waals surface area (Å²) in [5, 5.41) is 0.0715. The molecule has 3 N–H and O–H groups in total. The molecule has 1 aromatic heterocycles. The Morgan fingerprint density at radius 1 is 1.45 bits per heavy atom. The predicted octanol–water partition coefficient (Wildman–Crippen LogP) is 1.73. The van der Waals surface area contributed by atoms with Gasteiger partial charge < -0.3 is 4.57 Å².